The predicted octanol–water partition coefficient (Wildman–Crippen LogP) is 2.89. The summed E-state index contributed by atoms with van der Waals surface area (Å²) in [6.07, 6.45) is 0. The molecule has 1 heterocycles. The van der Waals surface area contributed by atoms with Crippen LogP contribution in [0.1, 0.15) is 6.92 Å². The Kier molecular flexibility index (Phi) is 5.32. The van der Waals surface area contributed by atoms with Gasteiger partial charge < -0.3 is 5.32 Å². The number of amides is 1. The Morgan fingerprint density at radius 3 is 2.73 bits per heavy atom. The zero-order valence-corrected chi connectivity index (χ0v) is 14.6. The molecule has 134 valence electrons. The van der Waals surface area contributed by atoms with Gasteiger partial charge in [-0.2, -0.15) is 0 Å². The van der Waals surface area contributed by atoms with Gasteiger partial charge in [0.2, 0.25) is 5.91 Å². The first-order valence-electron chi connectivity index (χ1n) is 7.82. The molecule has 3 rings (SSSR count). The van der Waals surface area contributed by atoms with Crippen molar-refractivity contribution in [3.63, 3.8) is 0 Å². The standard InChI is InChI=1S/C18H15F2N3O2S/c1-11(24)21-8-9-26-18-22-15-5-3-2-4-13(15)17(25)23(18)16-7-6-12(19)10-14(16)20/h2-7,10H,8-9H2,1H3,(H,21,24). The highest BCUT2D eigenvalue weighted by Crippen LogP contribution is 2.23. The van der Waals surface area contributed by atoms with E-state index >= 15 is 0 Å². The summed E-state index contributed by atoms with van der Waals surface area (Å²) in [6.45, 7) is 1.78. The third-order valence-corrected chi connectivity index (χ3v) is 4.54. The van der Waals surface area contributed by atoms with Gasteiger partial charge in [-0.05, 0) is 24.3 Å². The summed E-state index contributed by atoms with van der Waals surface area (Å²) < 4.78 is 28.7. The van der Waals surface area contributed by atoms with Crippen LogP contribution in [0.15, 0.2) is 52.4 Å². The molecule has 0 unspecified atom stereocenters. The predicted molar refractivity (Wildman–Crippen MR) is 96.7 cm³/mol. The topological polar surface area (TPSA) is 64.0 Å². The summed E-state index contributed by atoms with van der Waals surface area (Å²) in [5.74, 6) is -1.31. The van der Waals surface area contributed by atoms with Crippen molar-refractivity contribution >= 4 is 28.6 Å². The Morgan fingerprint density at radius 2 is 2.00 bits per heavy atom. The molecule has 8 heteroatoms. The number of carbonyl (C=O) groups excluding carboxylic acids is 1. The molecule has 0 bridgehead atoms. The van der Waals surface area contributed by atoms with Crippen molar-refractivity contribution in [2.24, 2.45) is 0 Å². The first kappa shape index (κ1) is 18.1. The molecular weight excluding hydrogens is 360 g/mol. The van der Waals surface area contributed by atoms with E-state index in [0.29, 0.717) is 23.2 Å². The molecule has 5 nitrogen and oxygen atoms in total. The van der Waals surface area contributed by atoms with Crippen LogP contribution in [0, 0.1) is 11.6 Å². The average Bonchev–Trinajstić information content (AvgIpc) is 2.60. The number of nitrogens with one attached hydrogen (secondary N) is 1. The van der Waals surface area contributed by atoms with Gasteiger partial charge in [-0.15, -0.1) is 0 Å². The fourth-order valence-corrected chi connectivity index (χ4v) is 3.31. The molecule has 0 radical (unpaired) electrons. The number of hydrogen-bond acceptors (Lipinski definition) is 4. The molecule has 0 fully saturated rings. The second-order valence-corrected chi connectivity index (χ2v) is 6.54. The van der Waals surface area contributed by atoms with Crippen LogP contribution in [0.25, 0.3) is 16.6 Å². The van der Waals surface area contributed by atoms with Gasteiger partial charge in [-0.3, -0.25) is 14.2 Å². The normalized spacial score (nSPS) is 10.9. The summed E-state index contributed by atoms with van der Waals surface area (Å²) >= 11 is 1.20. The van der Waals surface area contributed by atoms with Crippen molar-refractivity contribution in [2.45, 2.75) is 12.1 Å². The van der Waals surface area contributed by atoms with E-state index in [-0.39, 0.29) is 16.8 Å². The molecule has 0 spiro atoms. The summed E-state index contributed by atoms with van der Waals surface area (Å²) in [5.41, 5.74) is -0.0295. The number of nitrogens with zero attached hydrogens (tertiary/aromatic N) is 2. The second-order valence-electron chi connectivity index (χ2n) is 5.48. The molecule has 1 amide bonds. The quantitative estimate of drug-likeness (QED) is 0.423. The van der Waals surface area contributed by atoms with Crippen LogP contribution in [0.4, 0.5) is 8.78 Å². The van der Waals surface area contributed by atoms with Crippen LogP contribution in [0.5, 0.6) is 0 Å². The fraction of sp³-hybridized carbons (Fsp3) is 0.167. The molecule has 0 saturated carbocycles. The van der Waals surface area contributed by atoms with E-state index in [9.17, 15) is 18.4 Å². The number of rotatable bonds is 5. The molecule has 0 atom stereocenters. The number of hydrogen-bond donors (Lipinski definition) is 1. The minimum Gasteiger partial charge on any atom is -0.356 e. The summed E-state index contributed by atoms with van der Waals surface area (Å²) in [5, 5.41) is 3.25. The van der Waals surface area contributed by atoms with Crippen LogP contribution >= 0.6 is 11.8 Å². The van der Waals surface area contributed by atoms with Crippen molar-refractivity contribution < 1.29 is 13.6 Å². The van der Waals surface area contributed by atoms with Crippen LogP contribution in [-0.4, -0.2) is 27.8 Å². The Labute approximate surface area is 152 Å². The van der Waals surface area contributed by atoms with Gasteiger partial charge in [0.1, 0.15) is 11.6 Å². The van der Waals surface area contributed by atoms with Crippen molar-refractivity contribution in [3.05, 3.63) is 64.5 Å². The maximum atomic E-state index is 14.3. The lowest BCUT2D eigenvalue weighted by Gasteiger charge is -2.14. The van der Waals surface area contributed by atoms with E-state index in [4.69, 9.17) is 0 Å². The smallest absolute Gasteiger partial charge is 0.266 e. The monoisotopic (exact) mass is 375 g/mol. The summed E-state index contributed by atoms with van der Waals surface area (Å²) in [7, 11) is 0. The Bertz CT molecular complexity index is 1040. The van der Waals surface area contributed by atoms with E-state index < -0.39 is 17.2 Å². The number of carbonyl (C=O) groups is 1. The lowest BCUT2D eigenvalue weighted by Crippen LogP contribution is -2.25. The SMILES string of the molecule is CC(=O)NCCSc1nc2ccccc2c(=O)n1-c1ccc(F)cc1F. The summed E-state index contributed by atoms with van der Waals surface area (Å²) in [4.78, 5) is 28.3. The third kappa shape index (κ3) is 3.75. The highest BCUT2D eigenvalue weighted by molar-refractivity contribution is 7.99. The van der Waals surface area contributed by atoms with Crippen molar-refractivity contribution in [3.8, 4) is 5.69 Å². The zero-order valence-electron chi connectivity index (χ0n) is 13.8. The van der Waals surface area contributed by atoms with E-state index in [0.717, 1.165) is 16.7 Å². The number of fused-ring (bicyclic) bond motifs is 1. The van der Waals surface area contributed by atoms with Crippen molar-refractivity contribution in [1.82, 2.24) is 14.9 Å². The minimum absolute atomic E-state index is 0.0725. The maximum absolute atomic E-state index is 14.3. The van der Waals surface area contributed by atoms with Crippen LogP contribution in [-0.2, 0) is 4.79 Å². The van der Waals surface area contributed by atoms with E-state index in [2.05, 4.69) is 10.3 Å². The Morgan fingerprint density at radius 1 is 1.23 bits per heavy atom. The van der Waals surface area contributed by atoms with Crippen molar-refractivity contribution in [1.29, 1.82) is 0 Å². The highest BCUT2D eigenvalue weighted by Gasteiger charge is 2.16. The first-order valence-corrected chi connectivity index (χ1v) is 8.80. The van der Waals surface area contributed by atoms with Gasteiger partial charge in [0, 0.05) is 25.3 Å². The van der Waals surface area contributed by atoms with Gasteiger partial charge in [0.25, 0.3) is 5.56 Å². The number of benzene rings is 2. The molecule has 0 aliphatic carbocycles. The van der Waals surface area contributed by atoms with Gasteiger partial charge in [-0.25, -0.2) is 13.8 Å². The average molecular weight is 375 g/mol. The van der Waals surface area contributed by atoms with Crippen LogP contribution in [0.2, 0.25) is 0 Å². The van der Waals surface area contributed by atoms with Gasteiger partial charge >= 0.3 is 0 Å². The van der Waals surface area contributed by atoms with E-state index in [1.165, 1.54) is 24.8 Å². The fourth-order valence-electron chi connectivity index (χ4n) is 2.45. The zero-order chi connectivity index (χ0) is 18.7. The molecule has 0 aliphatic rings. The number of aromatic nitrogens is 2. The number of halogens is 2. The largest absolute Gasteiger partial charge is 0.356 e. The van der Waals surface area contributed by atoms with E-state index in [1.807, 2.05) is 0 Å². The molecule has 2 aromatic carbocycles. The molecule has 0 aliphatic heterocycles. The lowest BCUT2D eigenvalue weighted by atomic mass is 10.2. The first-order chi connectivity index (χ1) is 12.5. The maximum Gasteiger partial charge on any atom is 0.266 e. The second kappa shape index (κ2) is 7.65. The van der Waals surface area contributed by atoms with Gasteiger partial charge in [0.05, 0.1) is 16.6 Å². The summed E-state index contributed by atoms with van der Waals surface area (Å²) in [6, 6.07) is 9.77. The van der Waals surface area contributed by atoms with Gasteiger partial charge in [0.15, 0.2) is 5.16 Å². The minimum atomic E-state index is -0.854. The number of para-hydroxylation sites is 1. The molecule has 1 aromatic heterocycles. The highest BCUT2D eigenvalue weighted by atomic mass is 32.2. The third-order valence-electron chi connectivity index (χ3n) is 3.60. The van der Waals surface area contributed by atoms with Crippen molar-refractivity contribution in [2.75, 3.05) is 12.3 Å². The van der Waals surface area contributed by atoms with Gasteiger partial charge in [-0.1, -0.05) is 23.9 Å². The van der Waals surface area contributed by atoms with Crippen LogP contribution in [0.3, 0.4) is 0 Å². The molecular formula is C18H15F2N3O2S. The Balaban J connectivity index is 2.11. The number of thioether (sulfide) groups is 1. The molecule has 3 aromatic rings. The molecule has 26 heavy (non-hydrogen) atoms. The lowest BCUT2D eigenvalue weighted by molar-refractivity contribution is -0.118. The van der Waals surface area contributed by atoms with E-state index in [1.54, 1.807) is 24.3 Å². The Hall–Kier alpha value is -2.74. The van der Waals surface area contributed by atoms with Crippen LogP contribution < -0.4 is 10.9 Å². The molecule has 1 N–H and O–H groups in total. The molecule has 0 saturated heterocycles.